The van der Waals surface area contributed by atoms with Crippen molar-refractivity contribution < 1.29 is 61.7 Å². The molecule has 15 nitrogen and oxygen atoms in total. The Bertz CT molecular complexity index is 1170. The molecule has 31 heteroatoms. The Balaban J connectivity index is 5.20. The standard InChI is InChI=1S/C26H86O15Si16/c1-42(2)27-44(5)28-45(6)29-46(7)30-47(8)31-48(9)32-49(10)34-51(13,14)36-53(17,18)38-55(21,22)40-57(25,26)41-56(23,24)39-54(19,20)37-52(15,16)35-50(11,12)33-43(3)4/h42-49H,1-26H3. The van der Waals surface area contributed by atoms with Gasteiger partial charge in [0.05, 0.1) is 0 Å². The normalized spacial score (nSPS) is 17.9. The lowest BCUT2D eigenvalue weighted by atomic mass is 11.9. The van der Waals surface area contributed by atoms with Gasteiger partial charge in [-0.15, -0.1) is 0 Å². The fourth-order valence-corrected chi connectivity index (χ4v) is 71.3. The maximum absolute atomic E-state index is 6.80. The van der Waals surface area contributed by atoms with Gasteiger partial charge in [0.1, 0.15) is 0 Å². The molecule has 0 bridgehead atoms. The van der Waals surface area contributed by atoms with Crippen molar-refractivity contribution in [1.29, 1.82) is 0 Å². The molecule has 344 valence electrons. The van der Waals surface area contributed by atoms with Gasteiger partial charge in [-0.3, -0.25) is 0 Å². The van der Waals surface area contributed by atoms with Crippen molar-refractivity contribution in [2.45, 2.75) is 170 Å². The molecule has 0 amide bonds. The smallest absolute Gasteiger partial charge is 0.314 e. The quantitative estimate of drug-likeness (QED) is 0.0787. The van der Waals surface area contributed by atoms with E-state index in [4.69, 9.17) is 61.7 Å². The zero-order chi connectivity index (χ0) is 45.2. The lowest BCUT2D eigenvalue weighted by Gasteiger charge is -2.44. The molecule has 0 N–H and O–H groups in total. The van der Waals surface area contributed by atoms with E-state index >= 15 is 0 Å². The van der Waals surface area contributed by atoms with Crippen LogP contribution < -0.4 is 0 Å². The average molecular weight is 1090 g/mol. The summed E-state index contributed by atoms with van der Waals surface area (Å²) in [5.41, 5.74) is 0. The van der Waals surface area contributed by atoms with Crippen molar-refractivity contribution in [2.75, 3.05) is 0 Å². The largest absolute Gasteiger partial charge is 0.442 e. The third-order valence-corrected chi connectivity index (χ3v) is 61.1. The van der Waals surface area contributed by atoms with Crippen molar-refractivity contribution in [1.82, 2.24) is 0 Å². The first-order valence-corrected chi connectivity index (χ1v) is 61.0. The highest BCUT2D eigenvalue weighted by atomic mass is 28.5. The summed E-state index contributed by atoms with van der Waals surface area (Å²) < 4.78 is 96.9. The van der Waals surface area contributed by atoms with Gasteiger partial charge in [-0.1, -0.05) is 0 Å². The van der Waals surface area contributed by atoms with Crippen LogP contribution in [0.4, 0.5) is 0 Å². The van der Waals surface area contributed by atoms with E-state index in [1.807, 2.05) is 32.7 Å². The van der Waals surface area contributed by atoms with E-state index in [0.717, 1.165) is 0 Å². The number of rotatable bonds is 30. The van der Waals surface area contributed by atoms with E-state index in [9.17, 15) is 0 Å². The number of hydrogen-bond donors (Lipinski definition) is 0. The molecule has 0 aromatic carbocycles. The van der Waals surface area contributed by atoms with Gasteiger partial charge in [0.25, 0.3) is 55.7 Å². The highest BCUT2D eigenvalue weighted by molar-refractivity contribution is 6.92. The summed E-state index contributed by atoms with van der Waals surface area (Å²) in [5.74, 6) is 0. The van der Waals surface area contributed by atoms with Crippen LogP contribution in [0.1, 0.15) is 0 Å². The summed E-state index contributed by atoms with van der Waals surface area (Å²) in [5, 5.41) is 0. The van der Waals surface area contributed by atoms with Crippen molar-refractivity contribution >= 4 is 142 Å². The van der Waals surface area contributed by atoms with Crippen molar-refractivity contribution in [3.63, 3.8) is 0 Å². The lowest BCUT2D eigenvalue weighted by Crippen LogP contribution is -2.62. The zero-order valence-corrected chi connectivity index (χ0v) is 58.0. The van der Waals surface area contributed by atoms with E-state index in [1.165, 1.54) is 0 Å². The predicted octanol–water partition coefficient (Wildman–Crippen LogP) is 5.92. The first-order valence-electron chi connectivity index (χ1n) is 20.3. The van der Waals surface area contributed by atoms with Crippen LogP contribution in [0, 0.1) is 0 Å². The van der Waals surface area contributed by atoms with Crippen LogP contribution in [-0.2, 0) is 61.7 Å². The Morgan fingerprint density at radius 1 is 0.211 bits per heavy atom. The van der Waals surface area contributed by atoms with Gasteiger partial charge in [-0.05, 0) is 170 Å². The maximum Gasteiger partial charge on any atom is 0.314 e. The molecule has 0 saturated heterocycles. The molecule has 0 heterocycles. The SMILES string of the molecule is C[SiH](C)O[SiH](C)O[SiH](C)O[SiH](C)O[SiH](C)O[SiH](C)O[SiH](C)O[Si](C)(C)O[Si](C)(C)O[Si](C)(C)O[Si](C)(C)O[Si](C)(C)O[Si](C)(C)O[Si](C)(C)O[Si](C)(C)O[SiH](C)C. The minimum atomic E-state index is -2.72. The molecule has 0 aliphatic carbocycles. The van der Waals surface area contributed by atoms with Gasteiger partial charge >= 0.3 is 68.5 Å². The Hall–Kier alpha value is 2.87. The van der Waals surface area contributed by atoms with Crippen LogP contribution in [0.15, 0.2) is 0 Å². The van der Waals surface area contributed by atoms with Crippen LogP contribution in [0.3, 0.4) is 0 Å². The first-order chi connectivity index (χ1) is 25.1. The predicted molar refractivity (Wildman–Crippen MR) is 272 cm³/mol. The first kappa shape index (κ1) is 59.9. The van der Waals surface area contributed by atoms with Crippen LogP contribution >= 0.6 is 0 Å². The highest BCUT2D eigenvalue weighted by Gasteiger charge is 2.50. The third-order valence-electron chi connectivity index (χ3n) is 6.79. The van der Waals surface area contributed by atoms with E-state index in [0.29, 0.717) is 0 Å². The van der Waals surface area contributed by atoms with Crippen LogP contribution in [0.25, 0.3) is 0 Å². The highest BCUT2D eigenvalue weighted by Crippen LogP contribution is 2.30. The minimum Gasteiger partial charge on any atom is -0.442 e. The van der Waals surface area contributed by atoms with E-state index in [1.54, 1.807) is 0 Å². The van der Waals surface area contributed by atoms with Gasteiger partial charge in [0.15, 0.2) is 18.1 Å². The van der Waals surface area contributed by atoms with Gasteiger partial charge in [-0.25, -0.2) is 0 Å². The molecule has 57 heavy (non-hydrogen) atoms. The van der Waals surface area contributed by atoms with Crippen molar-refractivity contribution in [3.8, 4) is 0 Å². The minimum absolute atomic E-state index is 1.11. The molecule has 0 aromatic heterocycles. The summed E-state index contributed by atoms with van der Waals surface area (Å²) in [6.45, 7) is 54.0. The topological polar surface area (TPSA) is 138 Å². The van der Waals surface area contributed by atoms with Crippen LogP contribution in [0.5, 0.6) is 0 Å². The van der Waals surface area contributed by atoms with E-state index in [2.05, 4.69) is 137 Å². The summed E-state index contributed by atoms with van der Waals surface area (Å²) in [4.78, 5) is 0. The molecule has 0 fully saturated rings. The second-order valence-corrected chi connectivity index (χ2v) is 66.0. The Morgan fingerprint density at radius 3 is 0.632 bits per heavy atom. The molecule has 0 rings (SSSR count). The second kappa shape index (κ2) is 24.4. The molecule has 6 atom stereocenters. The number of hydrogen-bond acceptors (Lipinski definition) is 15. The van der Waals surface area contributed by atoms with Crippen molar-refractivity contribution in [2.24, 2.45) is 0 Å². The Labute approximate surface area is 371 Å². The van der Waals surface area contributed by atoms with Crippen LogP contribution in [-0.4, -0.2) is 142 Å². The lowest BCUT2D eigenvalue weighted by molar-refractivity contribution is 0.256. The average Bonchev–Trinajstić information content (AvgIpc) is 2.80. The Kier molecular flexibility index (Phi) is 25.6. The molecule has 0 aliphatic heterocycles. The van der Waals surface area contributed by atoms with Gasteiger partial charge in [-0.2, -0.15) is 0 Å². The summed E-state index contributed by atoms with van der Waals surface area (Å²) >= 11 is 0. The van der Waals surface area contributed by atoms with Crippen LogP contribution in [0.2, 0.25) is 170 Å². The van der Waals surface area contributed by atoms with Gasteiger partial charge in [0, 0.05) is 0 Å². The molecule has 0 aromatic rings. The van der Waals surface area contributed by atoms with Crippen molar-refractivity contribution in [3.05, 3.63) is 0 Å². The van der Waals surface area contributed by atoms with E-state index < -0.39 is 142 Å². The fraction of sp³-hybridized carbons (Fsp3) is 1.00. The Morgan fingerprint density at radius 2 is 0.404 bits per heavy atom. The molecule has 0 aliphatic rings. The van der Waals surface area contributed by atoms with Gasteiger partial charge < -0.3 is 61.7 Å². The summed E-state index contributed by atoms with van der Waals surface area (Å²) in [6, 6.07) is 0. The summed E-state index contributed by atoms with van der Waals surface area (Å²) in [7, 11) is -34.6. The fourth-order valence-electron chi connectivity index (χ4n) is 7.20. The molecule has 6 unspecified atom stereocenters. The maximum atomic E-state index is 6.80. The second-order valence-electron chi connectivity index (χ2n) is 18.5. The summed E-state index contributed by atoms with van der Waals surface area (Å²) in [6.07, 6.45) is 0. The molecule has 0 saturated carbocycles. The van der Waals surface area contributed by atoms with Gasteiger partial charge in [0.2, 0.25) is 0 Å². The van der Waals surface area contributed by atoms with E-state index in [-0.39, 0.29) is 0 Å². The third kappa shape index (κ3) is 30.6. The molecular formula is C26H86O15Si16. The molecule has 0 radical (unpaired) electrons. The molecular weight excluding hydrogens is 1000 g/mol. The zero-order valence-electron chi connectivity index (χ0n) is 40.7. The monoisotopic (exact) mass is 1090 g/mol. The molecule has 0 spiro atoms.